The van der Waals surface area contributed by atoms with Gasteiger partial charge in [-0.3, -0.25) is 14.5 Å². The molecule has 0 saturated carbocycles. The minimum absolute atomic E-state index is 0.141. The van der Waals surface area contributed by atoms with Crippen molar-refractivity contribution in [2.75, 3.05) is 11.4 Å². The lowest BCUT2D eigenvalue weighted by atomic mass is 10.1. The lowest BCUT2D eigenvalue weighted by molar-refractivity contribution is -0.131. The van der Waals surface area contributed by atoms with Crippen molar-refractivity contribution in [3.8, 4) is 0 Å². The van der Waals surface area contributed by atoms with Crippen LogP contribution in [0.5, 0.6) is 0 Å². The lowest BCUT2D eigenvalue weighted by Gasteiger charge is -2.32. The number of carbonyl (C=O) groups excluding carboxylic acids is 2. The van der Waals surface area contributed by atoms with Gasteiger partial charge in [-0.15, -0.1) is 0 Å². The van der Waals surface area contributed by atoms with Gasteiger partial charge in [-0.1, -0.05) is 29.3 Å². The largest absolute Gasteiger partial charge is 0.343 e. The van der Waals surface area contributed by atoms with Crippen LogP contribution >= 0.6 is 15.9 Å². The average Bonchev–Trinajstić information content (AvgIpc) is 2.34. The fourth-order valence-electron chi connectivity index (χ4n) is 2.10. The Morgan fingerprint density at radius 2 is 2.21 bits per heavy atom. The summed E-state index contributed by atoms with van der Waals surface area (Å²) in [6.07, 6.45) is 1.33. The molecule has 1 heterocycles. The van der Waals surface area contributed by atoms with E-state index in [1.54, 1.807) is 6.07 Å². The number of hydrogen-bond donors (Lipinski definition) is 1. The summed E-state index contributed by atoms with van der Waals surface area (Å²) >= 11 is 3.16. The fourth-order valence-corrected chi connectivity index (χ4v) is 2.43. The highest BCUT2D eigenvalue weighted by Crippen LogP contribution is 2.25. The van der Waals surface area contributed by atoms with E-state index in [9.17, 15) is 14.0 Å². The molecule has 1 unspecified atom stereocenters. The Morgan fingerprint density at radius 1 is 1.47 bits per heavy atom. The number of halogens is 2. The van der Waals surface area contributed by atoms with E-state index in [2.05, 4.69) is 21.2 Å². The van der Waals surface area contributed by atoms with Crippen LogP contribution in [0.15, 0.2) is 22.7 Å². The predicted molar refractivity (Wildman–Crippen MR) is 73.3 cm³/mol. The third-order valence-electron chi connectivity index (χ3n) is 2.98. The zero-order valence-corrected chi connectivity index (χ0v) is 12.0. The molecule has 1 aliphatic rings. The molecule has 0 spiro atoms. The van der Waals surface area contributed by atoms with Gasteiger partial charge < -0.3 is 5.32 Å². The van der Waals surface area contributed by atoms with Crippen LogP contribution < -0.4 is 10.2 Å². The van der Waals surface area contributed by atoms with Crippen molar-refractivity contribution < 1.29 is 14.0 Å². The summed E-state index contributed by atoms with van der Waals surface area (Å²) < 4.78 is 14.5. The first kappa shape index (κ1) is 14.0. The van der Waals surface area contributed by atoms with Gasteiger partial charge in [-0.05, 0) is 24.6 Å². The molecule has 1 aromatic rings. The van der Waals surface area contributed by atoms with Crippen molar-refractivity contribution in [3.05, 3.63) is 28.5 Å². The maximum absolute atomic E-state index is 13.9. The Balaban J connectivity index is 2.31. The Kier molecular flexibility index (Phi) is 4.19. The van der Waals surface area contributed by atoms with Gasteiger partial charge in [0.2, 0.25) is 11.8 Å². The van der Waals surface area contributed by atoms with Crippen molar-refractivity contribution in [2.24, 2.45) is 0 Å². The summed E-state index contributed by atoms with van der Waals surface area (Å²) in [4.78, 5) is 25.1. The molecule has 1 N–H and O–H groups in total. The van der Waals surface area contributed by atoms with E-state index < -0.39 is 11.9 Å². The number of carbonyl (C=O) groups is 2. The van der Waals surface area contributed by atoms with Crippen LogP contribution in [0.3, 0.4) is 0 Å². The van der Waals surface area contributed by atoms with E-state index >= 15 is 0 Å². The highest BCUT2D eigenvalue weighted by molar-refractivity contribution is 9.10. The van der Waals surface area contributed by atoms with Gasteiger partial charge >= 0.3 is 0 Å². The molecule has 2 amide bonds. The Bertz CT molecular complexity index is 521. The molecular formula is C13H14BrFN2O2. The first-order chi connectivity index (χ1) is 9.02. The van der Waals surface area contributed by atoms with Gasteiger partial charge in [0, 0.05) is 4.47 Å². The molecule has 0 aliphatic carbocycles. The molecule has 4 nitrogen and oxygen atoms in total. The SMILES string of the molecule is CCCC1NC(=O)CN(c2ccc(Br)cc2F)C1=O. The molecule has 2 rings (SSSR count). The molecule has 1 aromatic carbocycles. The van der Waals surface area contributed by atoms with Crippen LogP contribution in [-0.4, -0.2) is 24.4 Å². The highest BCUT2D eigenvalue weighted by Gasteiger charge is 2.33. The summed E-state index contributed by atoms with van der Waals surface area (Å²) in [6, 6.07) is 3.87. The number of nitrogens with zero attached hydrogens (tertiary/aromatic N) is 1. The molecular weight excluding hydrogens is 315 g/mol. The van der Waals surface area contributed by atoms with Gasteiger partial charge in [0.1, 0.15) is 18.4 Å². The Hall–Kier alpha value is -1.43. The number of rotatable bonds is 3. The molecule has 1 atom stereocenters. The van der Waals surface area contributed by atoms with Crippen LogP contribution in [0.2, 0.25) is 0 Å². The maximum atomic E-state index is 13.9. The second kappa shape index (κ2) is 5.69. The second-order valence-electron chi connectivity index (χ2n) is 4.43. The quantitative estimate of drug-likeness (QED) is 0.924. The van der Waals surface area contributed by atoms with Gasteiger partial charge in [0.15, 0.2) is 0 Å². The lowest BCUT2D eigenvalue weighted by Crippen LogP contribution is -2.58. The normalized spacial score (nSPS) is 19.5. The predicted octanol–water partition coefficient (Wildman–Crippen LogP) is 2.22. The summed E-state index contributed by atoms with van der Waals surface area (Å²) in [6.45, 7) is 1.79. The third kappa shape index (κ3) is 2.94. The number of nitrogens with one attached hydrogen (secondary N) is 1. The monoisotopic (exact) mass is 328 g/mol. The van der Waals surface area contributed by atoms with E-state index in [-0.39, 0.29) is 24.0 Å². The van der Waals surface area contributed by atoms with Crippen molar-refractivity contribution >= 4 is 33.4 Å². The number of piperazine rings is 1. The van der Waals surface area contributed by atoms with Crippen molar-refractivity contribution in [2.45, 2.75) is 25.8 Å². The minimum Gasteiger partial charge on any atom is -0.343 e. The molecule has 1 saturated heterocycles. The molecule has 1 aliphatic heterocycles. The van der Waals surface area contributed by atoms with Crippen molar-refractivity contribution in [1.29, 1.82) is 0 Å². The maximum Gasteiger partial charge on any atom is 0.250 e. The van der Waals surface area contributed by atoms with Gasteiger partial charge in [-0.25, -0.2) is 4.39 Å². The van der Waals surface area contributed by atoms with Gasteiger partial charge in [0.25, 0.3) is 0 Å². The number of benzene rings is 1. The molecule has 0 aromatic heterocycles. The average molecular weight is 329 g/mol. The van der Waals surface area contributed by atoms with Gasteiger partial charge in [-0.2, -0.15) is 0 Å². The summed E-state index contributed by atoms with van der Waals surface area (Å²) in [5.74, 6) is -1.05. The smallest absolute Gasteiger partial charge is 0.250 e. The van der Waals surface area contributed by atoms with Gasteiger partial charge in [0.05, 0.1) is 5.69 Å². The standard InChI is InChI=1S/C13H14BrFN2O2/c1-2-3-10-13(19)17(7-12(18)16-10)11-5-4-8(14)6-9(11)15/h4-6,10H,2-3,7H2,1H3,(H,16,18). The van der Waals surface area contributed by atoms with E-state index in [4.69, 9.17) is 0 Å². The van der Waals surface area contributed by atoms with Crippen LogP contribution in [0, 0.1) is 5.82 Å². The van der Waals surface area contributed by atoms with E-state index in [0.717, 1.165) is 6.42 Å². The minimum atomic E-state index is -0.561. The van der Waals surface area contributed by atoms with E-state index in [0.29, 0.717) is 10.9 Å². The Morgan fingerprint density at radius 3 is 2.84 bits per heavy atom. The van der Waals surface area contributed by atoms with Crippen molar-refractivity contribution in [3.63, 3.8) is 0 Å². The molecule has 102 valence electrons. The Labute approximate surface area is 119 Å². The first-order valence-corrected chi connectivity index (χ1v) is 6.88. The third-order valence-corrected chi connectivity index (χ3v) is 3.47. The first-order valence-electron chi connectivity index (χ1n) is 6.08. The topological polar surface area (TPSA) is 49.4 Å². The summed E-state index contributed by atoms with van der Waals surface area (Å²) in [5, 5.41) is 2.64. The van der Waals surface area contributed by atoms with Crippen LogP contribution in [0.25, 0.3) is 0 Å². The zero-order valence-electron chi connectivity index (χ0n) is 10.5. The molecule has 0 bridgehead atoms. The number of amides is 2. The van der Waals surface area contributed by atoms with E-state index in [1.807, 2.05) is 6.92 Å². The summed E-state index contributed by atoms with van der Waals surface area (Å²) in [7, 11) is 0. The van der Waals surface area contributed by atoms with Crippen LogP contribution in [0.1, 0.15) is 19.8 Å². The molecule has 0 radical (unpaired) electrons. The van der Waals surface area contributed by atoms with Crippen molar-refractivity contribution in [1.82, 2.24) is 5.32 Å². The van der Waals surface area contributed by atoms with E-state index in [1.165, 1.54) is 17.0 Å². The molecule has 1 fully saturated rings. The number of hydrogen-bond acceptors (Lipinski definition) is 2. The fraction of sp³-hybridized carbons (Fsp3) is 0.385. The second-order valence-corrected chi connectivity index (χ2v) is 5.34. The highest BCUT2D eigenvalue weighted by atomic mass is 79.9. The molecule has 19 heavy (non-hydrogen) atoms. The van der Waals surface area contributed by atoms with Crippen LogP contribution in [0.4, 0.5) is 10.1 Å². The summed E-state index contributed by atoms with van der Waals surface area (Å²) in [5.41, 5.74) is 0.143. The van der Waals surface area contributed by atoms with Crippen LogP contribution in [-0.2, 0) is 9.59 Å². The zero-order chi connectivity index (χ0) is 14.0. The molecule has 6 heteroatoms. The number of anilines is 1.